The smallest absolute Gasteiger partial charge is 0.228 e. The summed E-state index contributed by atoms with van der Waals surface area (Å²) in [7, 11) is 0. The van der Waals surface area contributed by atoms with Gasteiger partial charge in [-0.25, -0.2) is 9.67 Å². The molecule has 4 rings (SSSR count). The normalized spacial score (nSPS) is 11.1. The summed E-state index contributed by atoms with van der Waals surface area (Å²) in [6, 6.07) is 15.4. The van der Waals surface area contributed by atoms with Crippen LogP contribution in [0, 0.1) is 20.8 Å². The Morgan fingerprint density at radius 1 is 1.11 bits per heavy atom. The van der Waals surface area contributed by atoms with Crippen molar-refractivity contribution in [1.29, 1.82) is 0 Å². The van der Waals surface area contributed by atoms with Crippen LogP contribution in [0.1, 0.15) is 22.8 Å². The van der Waals surface area contributed by atoms with Gasteiger partial charge in [0.25, 0.3) is 0 Å². The van der Waals surface area contributed by atoms with Crippen LogP contribution in [0.3, 0.4) is 0 Å². The van der Waals surface area contributed by atoms with Gasteiger partial charge in [0.2, 0.25) is 5.91 Å². The highest BCUT2D eigenvalue weighted by atomic mass is 16.3. The minimum absolute atomic E-state index is 0.0895. The molecule has 0 fully saturated rings. The Balaban J connectivity index is 1.54. The number of anilines is 1. The molecule has 0 saturated heterocycles. The van der Waals surface area contributed by atoms with E-state index in [9.17, 15) is 4.79 Å². The number of amides is 1. The maximum Gasteiger partial charge on any atom is 0.228 e. The molecule has 0 bridgehead atoms. The molecule has 6 nitrogen and oxygen atoms in total. The maximum atomic E-state index is 12.6. The van der Waals surface area contributed by atoms with Crippen molar-refractivity contribution in [1.82, 2.24) is 14.8 Å². The van der Waals surface area contributed by atoms with E-state index < -0.39 is 0 Å². The van der Waals surface area contributed by atoms with Crippen molar-refractivity contribution in [2.75, 3.05) is 5.32 Å². The number of carbonyl (C=O) groups excluding carboxylic acids is 1. The molecule has 4 aromatic rings. The van der Waals surface area contributed by atoms with E-state index in [2.05, 4.69) is 15.4 Å². The number of benzene rings is 2. The Hall–Kier alpha value is -3.41. The topological polar surface area (TPSA) is 73.0 Å². The van der Waals surface area contributed by atoms with Gasteiger partial charge in [0.05, 0.1) is 17.8 Å². The number of para-hydroxylation sites is 1. The number of hydrogen-bond acceptors (Lipinski definition) is 4. The summed E-state index contributed by atoms with van der Waals surface area (Å²) in [6.45, 7) is 5.72. The van der Waals surface area contributed by atoms with Crippen LogP contribution in [0.5, 0.6) is 0 Å². The summed E-state index contributed by atoms with van der Waals surface area (Å²) >= 11 is 0. The number of oxazole rings is 1. The maximum absolute atomic E-state index is 12.6. The van der Waals surface area contributed by atoms with Gasteiger partial charge in [0.1, 0.15) is 5.52 Å². The Morgan fingerprint density at radius 3 is 2.67 bits per heavy atom. The van der Waals surface area contributed by atoms with Crippen molar-refractivity contribution >= 4 is 22.7 Å². The van der Waals surface area contributed by atoms with Gasteiger partial charge >= 0.3 is 0 Å². The van der Waals surface area contributed by atoms with Crippen molar-refractivity contribution in [3.05, 3.63) is 71.4 Å². The minimum Gasteiger partial charge on any atom is -0.441 e. The standard InChI is InChI=1S/C21H20N4O2/c1-13-18(14(2)25(24-13)17-7-5-4-6-8-17)12-21(26)23-16-9-10-20-19(11-16)22-15(3)27-20/h4-11H,12H2,1-3H3,(H,23,26). The van der Waals surface area contributed by atoms with Crippen LogP contribution in [0.4, 0.5) is 5.69 Å². The van der Waals surface area contributed by atoms with Crippen molar-refractivity contribution in [3.8, 4) is 5.69 Å². The predicted octanol–water partition coefficient (Wildman–Crippen LogP) is 4.12. The molecule has 2 aromatic heterocycles. The quantitative estimate of drug-likeness (QED) is 0.594. The zero-order chi connectivity index (χ0) is 19.0. The van der Waals surface area contributed by atoms with Crippen LogP contribution in [0.2, 0.25) is 0 Å². The number of nitrogens with zero attached hydrogens (tertiary/aromatic N) is 3. The first-order valence-corrected chi connectivity index (χ1v) is 8.79. The number of aromatic nitrogens is 3. The Morgan fingerprint density at radius 2 is 1.89 bits per heavy atom. The number of hydrogen-bond donors (Lipinski definition) is 1. The molecule has 0 spiro atoms. The van der Waals surface area contributed by atoms with Gasteiger partial charge in [-0.2, -0.15) is 5.10 Å². The van der Waals surface area contributed by atoms with E-state index in [4.69, 9.17) is 4.42 Å². The molecule has 0 aliphatic rings. The first-order valence-electron chi connectivity index (χ1n) is 8.79. The van der Waals surface area contributed by atoms with Gasteiger partial charge in [-0.05, 0) is 44.2 Å². The molecular formula is C21H20N4O2. The van der Waals surface area contributed by atoms with Crippen LogP contribution >= 0.6 is 0 Å². The van der Waals surface area contributed by atoms with Gasteiger partial charge in [0, 0.05) is 23.9 Å². The molecule has 0 radical (unpaired) electrons. The van der Waals surface area contributed by atoms with Crippen LogP contribution in [-0.2, 0) is 11.2 Å². The van der Waals surface area contributed by atoms with E-state index in [1.165, 1.54) is 0 Å². The first-order chi connectivity index (χ1) is 13.0. The number of rotatable bonds is 4. The van der Waals surface area contributed by atoms with Crippen molar-refractivity contribution in [2.45, 2.75) is 27.2 Å². The molecule has 0 unspecified atom stereocenters. The lowest BCUT2D eigenvalue weighted by atomic mass is 10.1. The third kappa shape index (κ3) is 3.33. The van der Waals surface area contributed by atoms with E-state index in [0.717, 1.165) is 28.2 Å². The number of carbonyl (C=O) groups is 1. The average Bonchev–Trinajstić information content (AvgIpc) is 3.15. The second kappa shape index (κ2) is 6.72. The predicted molar refractivity (Wildman–Crippen MR) is 104 cm³/mol. The number of fused-ring (bicyclic) bond motifs is 1. The van der Waals surface area contributed by atoms with Gasteiger partial charge in [0.15, 0.2) is 11.5 Å². The second-order valence-electron chi connectivity index (χ2n) is 6.54. The lowest BCUT2D eigenvalue weighted by molar-refractivity contribution is -0.115. The highest BCUT2D eigenvalue weighted by Crippen LogP contribution is 2.21. The molecular weight excluding hydrogens is 340 g/mol. The van der Waals surface area contributed by atoms with Crippen LogP contribution < -0.4 is 5.32 Å². The zero-order valence-corrected chi connectivity index (χ0v) is 15.5. The summed E-state index contributed by atoms with van der Waals surface area (Å²) in [5, 5.41) is 7.54. The summed E-state index contributed by atoms with van der Waals surface area (Å²) in [6.07, 6.45) is 0.264. The Bertz CT molecular complexity index is 1130. The van der Waals surface area contributed by atoms with Crippen LogP contribution in [0.25, 0.3) is 16.8 Å². The van der Waals surface area contributed by atoms with E-state index in [0.29, 0.717) is 17.2 Å². The highest BCUT2D eigenvalue weighted by Gasteiger charge is 2.16. The second-order valence-corrected chi connectivity index (χ2v) is 6.54. The third-order valence-corrected chi connectivity index (χ3v) is 4.56. The van der Waals surface area contributed by atoms with E-state index in [1.54, 1.807) is 6.92 Å². The molecule has 1 N–H and O–H groups in total. The number of aryl methyl sites for hydroxylation is 2. The highest BCUT2D eigenvalue weighted by molar-refractivity contribution is 5.94. The van der Waals surface area contributed by atoms with Gasteiger partial charge in [-0.1, -0.05) is 18.2 Å². The Labute approximate surface area is 156 Å². The molecule has 136 valence electrons. The monoisotopic (exact) mass is 360 g/mol. The fraction of sp³-hybridized carbons (Fsp3) is 0.190. The molecule has 27 heavy (non-hydrogen) atoms. The molecule has 2 aromatic carbocycles. The molecule has 0 aliphatic heterocycles. The molecule has 0 saturated carbocycles. The molecule has 0 atom stereocenters. The molecule has 0 aliphatic carbocycles. The van der Waals surface area contributed by atoms with Gasteiger partial charge in [-0.15, -0.1) is 0 Å². The largest absolute Gasteiger partial charge is 0.441 e. The Kier molecular flexibility index (Phi) is 4.24. The van der Waals surface area contributed by atoms with Gasteiger partial charge in [-0.3, -0.25) is 4.79 Å². The van der Waals surface area contributed by atoms with E-state index in [1.807, 2.05) is 67.1 Å². The molecule has 1 amide bonds. The fourth-order valence-corrected chi connectivity index (χ4v) is 3.24. The summed E-state index contributed by atoms with van der Waals surface area (Å²) in [5.41, 5.74) is 5.89. The first kappa shape index (κ1) is 17.0. The summed E-state index contributed by atoms with van der Waals surface area (Å²) < 4.78 is 7.34. The summed E-state index contributed by atoms with van der Waals surface area (Å²) in [5.74, 6) is 0.515. The minimum atomic E-state index is -0.0895. The zero-order valence-electron chi connectivity index (χ0n) is 15.5. The average molecular weight is 360 g/mol. The molecule has 2 heterocycles. The van der Waals surface area contributed by atoms with Crippen molar-refractivity contribution in [2.24, 2.45) is 0 Å². The van der Waals surface area contributed by atoms with Crippen LogP contribution in [0.15, 0.2) is 52.9 Å². The van der Waals surface area contributed by atoms with Gasteiger partial charge < -0.3 is 9.73 Å². The van der Waals surface area contributed by atoms with Crippen molar-refractivity contribution in [3.63, 3.8) is 0 Å². The lowest BCUT2D eigenvalue weighted by Gasteiger charge is -2.07. The van der Waals surface area contributed by atoms with Crippen LogP contribution in [-0.4, -0.2) is 20.7 Å². The SMILES string of the molecule is Cc1nc2cc(NC(=O)Cc3c(C)nn(-c4ccccc4)c3C)ccc2o1. The third-order valence-electron chi connectivity index (χ3n) is 4.56. The summed E-state index contributed by atoms with van der Waals surface area (Å²) in [4.78, 5) is 16.9. The van der Waals surface area contributed by atoms with Crippen molar-refractivity contribution < 1.29 is 9.21 Å². The fourth-order valence-electron chi connectivity index (χ4n) is 3.24. The number of nitrogens with one attached hydrogen (secondary N) is 1. The lowest BCUT2D eigenvalue weighted by Crippen LogP contribution is -2.15. The van der Waals surface area contributed by atoms with E-state index >= 15 is 0 Å². The molecule has 6 heteroatoms. The van der Waals surface area contributed by atoms with E-state index in [-0.39, 0.29) is 12.3 Å².